The van der Waals surface area contributed by atoms with Crippen LogP contribution >= 0.6 is 0 Å². The molecule has 2 aliphatic rings. The first-order chi connectivity index (χ1) is 17.2. The first-order valence-corrected chi connectivity index (χ1v) is 12.0. The van der Waals surface area contributed by atoms with Crippen molar-refractivity contribution in [3.05, 3.63) is 47.5 Å². The standard InChI is InChI=1S/C26H30N4O6/c1-15-13-17(7-9-19(15)27-23(31)21-5-3-11-29(21)25(33)34)18-8-10-20(16(2)14-18)28-24(32)22-6-4-12-30(22)26(35)36/h7-10,13-14,21-22H,3-6,11-12H2,1-2H3,(H,27,31)(H,28,32)(H,33,34)(H,35,36). The Labute approximate surface area is 208 Å². The normalized spacial score (nSPS) is 19.3. The van der Waals surface area contributed by atoms with Gasteiger partial charge in [0.1, 0.15) is 12.1 Å². The summed E-state index contributed by atoms with van der Waals surface area (Å²) in [7, 11) is 0. The van der Waals surface area contributed by atoms with Crippen LogP contribution in [-0.2, 0) is 9.59 Å². The molecule has 2 aromatic carbocycles. The molecule has 0 radical (unpaired) electrons. The Kier molecular flexibility index (Phi) is 7.14. The second-order valence-electron chi connectivity index (χ2n) is 9.31. The van der Waals surface area contributed by atoms with E-state index in [-0.39, 0.29) is 11.8 Å². The van der Waals surface area contributed by atoms with Crippen LogP contribution in [0.2, 0.25) is 0 Å². The lowest BCUT2D eigenvalue weighted by Gasteiger charge is -2.21. The van der Waals surface area contributed by atoms with Crippen molar-refractivity contribution in [1.82, 2.24) is 9.80 Å². The molecule has 0 saturated carbocycles. The number of rotatable bonds is 5. The van der Waals surface area contributed by atoms with Crippen LogP contribution in [0.3, 0.4) is 0 Å². The summed E-state index contributed by atoms with van der Waals surface area (Å²) in [6, 6.07) is 9.87. The fourth-order valence-electron chi connectivity index (χ4n) is 4.94. The number of nitrogens with zero attached hydrogens (tertiary/aromatic N) is 2. The van der Waals surface area contributed by atoms with Crippen LogP contribution in [0.25, 0.3) is 11.1 Å². The minimum absolute atomic E-state index is 0.328. The van der Waals surface area contributed by atoms with Crippen molar-refractivity contribution in [2.45, 2.75) is 51.6 Å². The number of anilines is 2. The van der Waals surface area contributed by atoms with Gasteiger partial charge in [0.25, 0.3) is 0 Å². The van der Waals surface area contributed by atoms with Crippen LogP contribution in [0.15, 0.2) is 36.4 Å². The topological polar surface area (TPSA) is 139 Å². The summed E-state index contributed by atoms with van der Waals surface area (Å²) in [5.74, 6) is -0.657. The smallest absolute Gasteiger partial charge is 0.407 e. The molecule has 2 fully saturated rings. The zero-order valence-corrected chi connectivity index (χ0v) is 20.3. The number of carbonyl (C=O) groups is 4. The molecule has 2 saturated heterocycles. The summed E-state index contributed by atoms with van der Waals surface area (Å²) in [5.41, 5.74) is 4.78. The molecule has 10 heteroatoms. The Morgan fingerprint density at radius 1 is 0.722 bits per heavy atom. The number of hydrogen-bond donors (Lipinski definition) is 4. The molecule has 0 bridgehead atoms. The monoisotopic (exact) mass is 494 g/mol. The molecule has 0 aliphatic carbocycles. The third-order valence-electron chi connectivity index (χ3n) is 6.90. The molecule has 4 amide bonds. The van der Waals surface area contributed by atoms with E-state index in [1.54, 1.807) is 12.1 Å². The zero-order chi connectivity index (χ0) is 26.0. The van der Waals surface area contributed by atoms with E-state index in [0.717, 1.165) is 22.3 Å². The number of carboxylic acid groups (broad SMARTS) is 2. The molecule has 2 aromatic rings. The van der Waals surface area contributed by atoms with Crippen molar-refractivity contribution >= 4 is 35.4 Å². The highest BCUT2D eigenvalue weighted by atomic mass is 16.4. The molecule has 0 aromatic heterocycles. The quantitative estimate of drug-likeness (QED) is 0.493. The van der Waals surface area contributed by atoms with Gasteiger partial charge in [-0.15, -0.1) is 0 Å². The SMILES string of the molecule is Cc1cc(-c2ccc(NC(=O)C3CCCN3C(=O)O)c(C)c2)ccc1NC(=O)C1CCCN1C(=O)O. The third kappa shape index (κ3) is 5.12. The second kappa shape index (κ2) is 10.3. The van der Waals surface area contributed by atoms with E-state index < -0.39 is 24.3 Å². The maximum absolute atomic E-state index is 12.7. The van der Waals surface area contributed by atoms with Crippen LogP contribution in [-0.4, -0.2) is 69.2 Å². The minimum atomic E-state index is -1.09. The van der Waals surface area contributed by atoms with Gasteiger partial charge >= 0.3 is 12.2 Å². The fraction of sp³-hybridized carbons (Fsp3) is 0.385. The number of hydrogen-bond acceptors (Lipinski definition) is 4. The molecule has 0 spiro atoms. The Morgan fingerprint density at radius 3 is 1.44 bits per heavy atom. The largest absolute Gasteiger partial charge is 0.465 e. The van der Waals surface area contributed by atoms with Gasteiger partial charge in [0.2, 0.25) is 11.8 Å². The first kappa shape index (κ1) is 25.0. The van der Waals surface area contributed by atoms with Gasteiger partial charge in [-0.1, -0.05) is 12.1 Å². The first-order valence-electron chi connectivity index (χ1n) is 12.0. The van der Waals surface area contributed by atoms with Gasteiger partial charge in [-0.3, -0.25) is 19.4 Å². The molecule has 36 heavy (non-hydrogen) atoms. The molecular formula is C26H30N4O6. The van der Waals surface area contributed by atoms with E-state index in [2.05, 4.69) is 10.6 Å². The fourth-order valence-corrected chi connectivity index (χ4v) is 4.94. The molecule has 2 atom stereocenters. The van der Waals surface area contributed by atoms with E-state index in [1.807, 2.05) is 38.1 Å². The summed E-state index contributed by atoms with van der Waals surface area (Å²) in [6.07, 6.45) is 0.168. The van der Waals surface area contributed by atoms with E-state index in [1.165, 1.54) is 9.80 Å². The van der Waals surface area contributed by atoms with Crippen molar-refractivity contribution in [2.24, 2.45) is 0 Å². The predicted molar refractivity (Wildman–Crippen MR) is 134 cm³/mol. The Hall–Kier alpha value is -4.08. The highest BCUT2D eigenvalue weighted by molar-refractivity contribution is 5.98. The maximum atomic E-state index is 12.7. The summed E-state index contributed by atoms with van der Waals surface area (Å²) >= 11 is 0. The lowest BCUT2D eigenvalue weighted by atomic mass is 9.99. The van der Waals surface area contributed by atoms with Crippen LogP contribution in [0.5, 0.6) is 0 Å². The Bertz CT molecular complexity index is 1120. The summed E-state index contributed by atoms with van der Waals surface area (Å²) in [4.78, 5) is 50.4. The minimum Gasteiger partial charge on any atom is -0.465 e. The van der Waals surface area contributed by atoms with Crippen LogP contribution in [0.4, 0.5) is 21.0 Å². The van der Waals surface area contributed by atoms with E-state index >= 15 is 0 Å². The average molecular weight is 495 g/mol. The summed E-state index contributed by atoms with van der Waals surface area (Å²) in [6.45, 7) is 4.47. The highest BCUT2D eigenvalue weighted by Crippen LogP contribution is 2.29. The van der Waals surface area contributed by atoms with E-state index in [4.69, 9.17) is 0 Å². The molecule has 10 nitrogen and oxygen atoms in total. The number of benzene rings is 2. The summed E-state index contributed by atoms with van der Waals surface area (Å²) in [5, 5.41) is 24.3. The number of likely N-dealkylation sites (tertiary alicyclic amines) is 2. The second-order valence-corrected chi connectivity index (χ2v) is 9.31. The van der Waals surface area contributed by atoms with Crippen molar-refractivity contribution in [1.29, 1.82) is 0 Å². The molecule has 190 valence electrons. The lowest BCUT2D eigenvalue weighted by Crippen LogP contribution is -2.42. The molecule has 4 rings (SSSR count). The van der Waals surface area contributed by atoms with Gasteiger partial charge in [0, 0.05) is 24.5 Å². The molecule has 2 unspecified atom stereocenters. The van der Waals surface area contributed by atoms with Gasteiger partial charge in [-0.25, -0.2) is 9.59 Å². The van der Waals surface area contributed by atoms with Gasteiger partial charge < -0.3 is 20.8 Å². The molecule has 2 heterocycles. The van der Waals surface area contributed by atoms with Gasteiger partial charge in [0.15, 0.2) is 0 Å². The Balaban J connectivity index is 1.45. The highest BCUT2D eigenvalue weighted by Gasteiger charge is 2.35. The van der Waals surface area contributed by atoms with Gasteiger partial charge in [-0.2, -0.15) is 0 Å². The number of aryl methyl sites for hydroxylation is 2. The molecule has 2 aliphatic heterocycles. The van der Waals surface area contributed by atoms with Crippen LogP contribution in [0, 0.1) is 13.8 Å². The maximum Gasteiger partial charge on any atom is 0.407 e. The average Bonchev–Trinajstić information content (AvgIpc) is 3.52. The predicted octanol–water partition coefficient (Wildman–Crippen LogP) is 4.13. The third-order valence-corrected chi connectivity index (χ3v) is 6.90. The van der Waals surface area contributed by atoms with Crippen molar-refractivity contribution in [2.75, 3.05) is 23.7 Å². The number of carbonyl (C=O) groups excluding carboxylic acids is 2. The molecular weight excluding hydrogens is 464 g/mol. The Morgan fingerprint density at radius 2 is 1.11 bits per heavy atom. The number of amides is 4. The molecule has 4 N–H and O–H groups in total. The van der Waals surface area contributed by atoms with Gasteiger partial charge in [-0.05, 0) is 86.1 Å². The zero-order valence-electron chi connectivity index (χ0n) is 20.3. The van der Waals surface area contributed by atoms with E-state index in [0.29, 0.717) is 50.1 Å². The van der Waals surface area contributed by atoms with Gasteiger partial charge in [0.05, 0.1) is 0 Å². The van der Waals surface area contributed by atoms with Crippen molar-refractivity contribution < 1.29 is 29.4 Å². The van der Waals surface area contributed by atoms with E-state index in [9.17, 15) is 29.4 Å². The van der Waals surface area contributed by atoms with Crippen LogP contribution in [0.1, 0.15) is 36.8 Å². The van der Waals surface area contributed by atoms with Crippen LogP contribution < -0.4 is 10.6 Å². The lowest BCUT2D eigenvalue weighted by molar-refractivity contribution is -0.120. The summed E-state index contributed by atoms with van der Waals surface area (Å²) < 4.78 is 0. The van der Waals surface area contributed by atoms with Crippen molar-refractivity contribution in [3.63, 3.8) is 0 Å². The number of nitrogens with one attached hydrogen (secondary N) is 2. The van der Waals surface area contributed by atoms with Crippen molar-refractivity contribution in [3.8, 4) is 11.1 Å².